The first kappa shape index (κ1) is 19.9. The summed E-state index contributed by atoms with van der Waals surface area (Å²) < 4.78 is 6.57. The Balaban J connectivity index is 1.38. The zero-order chi connectivity index (χ0) is 21.1. The van der Waals surface area contributed by atoms with Gasteiger partial charge in [-0.1, -0.05) is 30.3 Å². The molecule has 1 amide bonds. The molecule has 1 aliphatic heterocycles. The second-order valence-electron chi connectivity index (χ2n) is 7.61. The number of carbonyl (C=O) groups excluding carboxylic acids is 1. The highest BCUT2D eigenvalue weighted by molar-refractivity contribution is 5.77. The zero-order valence-corrected chi connectivity index (χ0v) is 16.5. The maximum absolute atomic E-state index is 12.8. The van der Waals surface area contributed by atoms with Crippen molar-refractivity contribution in [3.63, 3.8) is 0 Å². The highest BCUT2D eigenvalue weighted by Gasteiger charge is 2.28. The maximum Gasteiger partial charge on any atom is 0.419 e. The Hall–Kier alpha value is -3.42. The Bertz CT molecular complexity index is 1120. The molecule has 1 saturated heterocycles. The summed E-state index contributed by atoms with van der Waals surface area (Å²) in [5.41, 5.74) is 1.79. The molecular formula is C22H23N3O5. The van der Waals surface area contributed by atoms with Crippen LogP contribution >= 0.6 is 0 Å². The Morgan fingerprint density at radius 3 is 2.77 bits per heavy atom. The number of nitrogens with zero attached hydrogens (tertiary/aromatic N) is 3. The predicted octanol–water partition coefficient (Wildman–Crippen LogP) is 3.52. The van der Waals surface area contributed by atoms with E-state index in [4.69, 9.17) is 4.42 Å². The van der Waals surface area contributed by atoms with E-state index in [2.05, 4.69) is 12.1 Å². The van der Waals surface area contributed by atoms with Crippen LogP contribution in [0.1, 0.15) is 31.2 Å². The van der Waals surface area contributed by atoms with Crippen molar-refractivity contribution in [2.45, 2.75) is 44.7 Å². The predicted molar refractivity (Wildman–Crippen MR) is 111 cm³/mol. The first-order valence-electron chi connectivity index (χ1n) is 10.1. The van der Waals surface area contributed by atoms with Gasteiger partial charge in [-0.2, -0.15) is 0 Å². The van der Waals surface area contributed by atoms with Crippen LogP contribution in [0.25, 0.3) is 11.1 Å². The van der Waals surface area contributed by atoms with Crippen molar-refractivity contribution >= 4 is 22.7 Å². The number of carbonyl (C=O) groups is 1. The summed E-state index contributed by atoms with van der Waals surface area (Å²) in [5, 5.41) is 10.9. The first-order valence-corrected chi connectivity index (χ1v) is 10.1. The zero-order valence-electron chi connectivity index (χ0n) is 16.5. The van der Waals surface area contributed by atoms with E-state index < -0.39 is 10.7 Å². The normalized spacial score (nSPS) is 16.3. The molecule has 1 aromatic heterocycles. The molecule has 0 spiro atoms. The van der Waals surface area contributed by atoms with Crippen LogP contribution in [0.2, 0.25) is 0 Å². The summed E-state index contributed by atoms with van der Waals surface area (Å²) in [5.74, 6) is -0.467. The molecule has 1 unspecified atom stereocenters. The smallest absolute Gasteiger partial charge is 0.407 e. The maximum atomic E-state index is 12.8. The lowest BCUT2D eigenvalue weighted by Crippen LogP contribution is -2.36. The molecule has 2 heterocycles. The van der Waals surface area contributed by atoms with E-state index in [-0.39, 0.29) is 23.2 Å². The van der Waals surface area contributed by atoms with Gasteiger partial charge < -0.3 is 9.32 Å². The number of likely N-dealkylation sites (tertiary alicyclic amines) is 1. The van der Waals surface area contributed by atoms with Crippen molar-refractivity contribution in [1.29, 1.82) is 0 Å². The lowest BCUT2D eigenvalue weighted by molar-refractivity contribution is -0.384. The molecule has 2 aromatic carbocycles. The highest BCUT2D eigenvalue weighted by Crippen LogP contribution is 2.23. The van der Waals surface area contributed by atoms with Gasteiger partial charge in [0.05, 0.1) is 16.5 Å². The van der Waals surface area contributed by atoms with Crippen molar-refractivity contribution in [3.8, 4) is 0 Å². The molecule has 4 rings (SSSR count). The number of hydrogen-bond acceptors (Lipinski definition) is 5. The number of aromatic nitrogens is 1. The van der Waals surface area contributed by atoms with Gasteiger partial charge >= 0.3 is 5.76 Å². The molecule has 1 atom stereocenters. The fourth-order valence-electron chi connectivity index (χ4n) is 4.17. The lowest BCUT2D eigenvalue weighted by Gasteiger charge is -2.25. The molecule has 0 N–H and O–H groups in total. The van der Waals surface area contributed by atoms with E-state index in [1.807, 2.05) is 23.1 Å². The average Bonchev–Trinajstić information content (AvgIpc) is 3.32. The quantitative estimate of drug-likeness (QED) is 0.439. The Kier molecular flexibility index (Phi) is 5.65. The van der Waals surface area contributed by atoms with Crippen LogP contribution in [-0.4, -0.2) is 32.9 Å². The number of fused-ring (bicyclic) bond motifs is 1. The second-order valence-corrected chi connectivity index (χ2v) is 7.61. The average molecular weight is 409 g/mol. The Morgan fingerprint density at radius 1 is 1.20 bits per heavy atom. The molecule has 0 bridgehead atoms. The Labute approximate surface area is 172 Å². The fourth-order valence-corrected chi connectivity index (χ4v) is 4.17. The minimum absolute atomic E-state index is 0.102. The van der Waals surface area contributed by atoms with Gasteiger partial charge in [0.2, 0.25) is 5.91 Å². The van der Waals surface area contributed by atoms with Crippen LogP contribution in [-0.2, 0) is 17.8 Å². The standard InChI is InChI=1S/C22H23N3O5/c26-21(23-12-4-8-17(23)14-16-6-2-1-3-7-16)9-5-13-24-19-11-10-18(25(28)29)15-20(19)30-22(24)27/h1-3,6-7,10-11,15,17H,4-5,8-9,12-14H2. The molecule has 8 heteroatoms. The van der Waals surface area contributed by atoms with E-state index in [9.17, 15) is 19.7 Å². The number of amides is 1. The first-order chi connectivity index (χ1) is 14.5. The molecule has 8 nitrogen and oxygen atoms in total. The van der Waals surface area contributed by atoms with Crippen molar-refractivity contribution in [2.24, 2.45) is 0 Å². The Morgan fingerprint density at radius 2 is 2.00 bits per heavy atom. The van der Waals surface area contributed by atoms with Gasteiger partial charge in [0.25, 0.3) is 5.69 Å². The molecule has 30 heavy (non-hydrogen) atoms. The van der Waals surface area contributed by atoms with Gasteiger partial charge in [-0.05, 0) is 37.3 Å². The summed E-state index contributed by atoms with van der Waals surface area (Å²) in [6.45, 7) is 1.10. The molecular weight excluding hydrogens is 386 g/mol. The van der Waals surface area contributed by atoms with E-state index >= 15 is 0 Å². The monoisotopic (exact) mass is 409 g/mol. The third-order valence-electron chi connectivity index (χ3n) is 5.65. The van der Waals surface area contributed by atoms with Gasteiger partial charge in [0, 0.05) is 31.6 Å². The highest BCUT2D eigenvalue weighted by atomic mass is 16.6. The van der Waals surface area contributed by atoms with E-state index in [0.717, 1.165) is 25.8 Å². The summed E-state index contributed by atoms with van der Waals surface area (Å²) in [6.07, 6.45) is 3.71. The van der Waals surface area contributed by atoms with Crippen LogP contribution in [0.15, 0.2) is 57.7 Å². The van der Waals surface area contributed by atoms with Crippen LogP contribution in [0.5, 0.6) is 0 Å². The molecule has 0 saturated carbocycles. The van der Waals surface area contributed by atoms with E-state index in [0.29, 0.717) is 24.9 Å². The minimum atomic E-state index is -0.568. The third-order valence-corrected chi connectivity index (χ3v) is 5.65. The number of aryl methyl sites for hydroxylation is 1. The number of non-ortho nitro benzene ring substituents is 1. The molecule has 3 aromatic rings. The number of oxazole rings is 1. The number of nitro benzene ring substituents is 1. The van der Waals surface area contributed by atoms with Crippen LogP contribution < -0.4 is 5.76 Å². The molecule has 0 radical (unpaired) electrons. The van der Waals surface area contributed by atoms with E-state index in [1.165, 1.54) is 28.3 Å². The SMILES string of the molecule is O=C(CCCn1c(=O)oc2cc([N+](=O)[O-])ccc21)N1CCCC1Cc1ccccc1. The minimum Gasteiger partial charge on any atom is -0.407 e. The second kappa shape index (κ2) is 8.52. The van der Waals surface area contributed by atoms with Crippen LogP contribution in [0.3, 0.4) is 0 Å². The number of benzene rings is 2. The summed E-state index contributed by atoms with van der Waals surface area (Å²) in [6, 6.07) is 14.5. The lowest BCUT2D eigenvalue weighted by atomic mass is 10.0. The number of nitro groups is 1. The van der Waals surface area contributed by atoms with Crippen molar-refractivity contribution < 1.29 is 14.1 Å². The van der Waals surface area contributed by atoms with Gasteiger partial charge in [-0.15, -0.1) is 0 Å². The van der Waals surface area contributed by atoms with Crippen LogP contribution in [0.4, 0.5) is 5.69 Å². The largest absolute Gasteiger partial charge is 0.419 e. The summed E-state index contributed by atoms with van der Waals surface area (Å²) in [7, 11) is 0. The number of rotatable bonds is 7. The van der Waals surface area contributed by atoms with E-state index in [1.54, 1.807) is 0 Å². The van der Waals surface area contributed by atoms with Gasteiger partial charge in [0.1, 0.15) is 0 Å². The van der Waals surface area contributed by atoms with Gasteiger partial charge in [-0.3, -0.25) is 19.5 Å². The summed E-state index contributed by atoms with van der Waals surface area (Å²) in [4.78, 5) is 37.2. The van der Waals surface area contributed by atoms with Crippen molar-refractivity contribution in [3.05, 3.63) is 74.8 Å². The molecule has 1 aliphatic rings. The van der Waals surface area contributed by atoms with Crippen molar-refractivity contribution in [2.75, 3.05) is 6.54 Å². The summed E-state index contributed by atoms with van der Waals surface area (Å²) >= 11 is 0. The number of hydrogen-bond donors (Lipinski definition) is 0. The molecule has 1 fully saturated rings. The van der Waals surface area contributed by atoms with Crippen LogP contribution in [0, 0.1) is 10.1 Å². The topological polar surface area (TPSA) is 98.6 Å². The molecule has 0 aliphatic carbocycles. The fraction of sp³-hybridized carbons (Fsp3) is 0.364. The molecule has 156 valence electrons. The van der Waals surface area contributed by atoms with Crippen molar-refractivity contribution in [1.82, 2.24) is 9.47 Å². The van der Waals surface area contributed by atoms with Gasteiger partial charge in [0.15, 0.2) is 5.58 Å². The van der Waals surface area contributed by atoms with Gasteiger partial charge in [-0.25, -0.2) is 4.79 Å². The third kappa shape index (κ3) is 4.12.